The van der Waals surface area contributed by atoms with Crippen molar-refractivity contribution in [2.24, 2.45) is 10.7 Å². The van der Waals surface area contributed by atoms with Gasteiger partial charge in [0.15, 0.2) is 5.96 Å². The average molecular weight is 367 g/mol. The predicted octanol–water partition coefficient (Wildman–Crippen LogP) is 3.61. The van der Waals surface area contributed by atoms with Crippen LogP contribution < -0.4 is 15.8 Å². The normalized spacial score (nSPS) is 13.3. The number of anilines is 1. The van der Waals surface area contributed by atoms with E-state index in [1.807, 2.05) is 31.2 Å². The number of aliphatic imine (C=N–C) groups is 1. The van der Waals surface area contributed by atoms with E-state index in [1.54, 1.807) is 0 Å². The largest absolute Gasteiger partial charge is 0.573 e. The first kappa shape index (κ1) is 19.6. The number of nitrogens with one attached hydrogen (secondary N) is 1. The summed E-state index contributed by atoms with van der Waals surface area (Å²) in [5, 5.41) is 13.0. The van der Waals surface area contributed by atoms with E-state index in [4.69, 9.17) is 5.73 Å². The SMILES string of the molecule is CCc1cccc(NC(N)=NCC(O)c2ccc(OC(F)(F)F)cc2)c1. The van der Waals surface area contributed by atoms with Crippen LogP contribution in [0.2, 0.25) is 0 Å². The molecule has 0 heterocycles. The monoisotopic (exact) mass is 367 g/mol. The lowest BCUT2D eigenvalue weighted by Crippen LogP contribution is -2.23. The summed E-state index contributed by atoms with van der Waals surface area (Å²) in [6, 6.07) is 12.6. The van der Waals surface area contributed by atoms with E-state index in [1.165, 1.54) is 12.1 Å². The molecule has 5 nitrogen and oxygen atoms in total. The Labute approximate surface area is 149 Å². The highest BCUT2D eigenvalue weighted by Crippen LogP contribution is 2.24. The average Bonchev–Trinajstić information content (AvgIpc) is 2.59. The second kappa shape index (κ2) is 8.57. The minimum Gasteiger partial charge on any atom is -0.406 e. The maximum Gasteiger partial charge on any atom is 0.573 e. The Morgan fingerprint density at radius 1 is 1.23 bits per heavy atom. The zero-order valence-corrected chi connectivity index (χ0v) is 14.1. The Balaban J connectivity index is 1.93. The van der Waals surface area contributed by atoms with Crippen molar-refractivity contribution in [1.82, 2.24) is 0 Å². The summed E-state index contributed by atoms with van der Waals surface area (Å²) in [5.41, 5.74) is 8.13. The van der Waals surface area contributed by atoms with Crippen LogP contribution in [-0.2, 0) is 6.42 Å². The number of ether oxygens (including phenoxy) is 1. The molecule has 4 N–H and O–H groups in total. The van der Waals surface area contributed by atoms with Crippen LogP contribution >= 0.6 is 0 Å². The zero-order valence-electron chi connectivity index (χ0n) is 14.1. The highest BCUT2D eigenvalue weighted by molar-refractivity contribution is 5.92. The van der Waals surface area contributed by atoms with Crippen molar-refractivity contribution >= 4 is 11.6 Å². The van der Waals surface area contributed by atoms with Crippen molar-refractivity contribution < 1.29 is 23.0 Å². The first-order chi connectivity index (χ1) is 12.3. The fourth-order valence-corrected chi connectivity index (χ4v) is 2.24. The van der Waals surface area contributed by atoms with E-state index >= 15 is 0 Å². The number of nitrogens with two attached hydrogens (primary N) is 1. The van der Waals surface area contributed by atoms with Crippen LogP contribution in [0.3, 0.4) is 0 Å². The molecule has 2 rings (SSSR count). The molecule has 0 spiro atoms. The number of hydrogen-bond acceptors (Lipinski definition) is 3. The number of halogens is 3. The summed E-state index contributed by atoms with van der Waals surface area (Å²) >= 11 is 0. The number of alkyl halides is 3. The third kappa shape index (κ3) is 6.29. The lowest BCUT2D eigenvalue weighted by Gasteiger charge is -2.12. The number of rotatable bonds is 6. The van der Waals surface area contributed by atoms with Gasteiger partial charge in [0.05, 0.1) is 12.6 Å². The zero-order chi connectivity index (χ0) is 19.2. The summed E-state index contributed by atoms with van der Waals surface area (Å²) in [5.74, 6) is -0.219. The van der Waals surface area contributed by atoms with E-state index in [0.29, 0.717) is 5.56 Å². The number of aryl methyl sites for hydroxylation is 1. The Kier molecular flexibility index (Phi) is 6.46. The van der Waals surface area contributed by atoms with Crippen LogP contribution in [-0.4, -0.2) is 24.0 Å². The maximum absolute atomic E-state index is 12.1. The molecule has 26 heavy (non-hydrogen) atoms. The Morgan fingerprint density at radius 3 is 2.54 bits per heavy atom. The van der Waals surface area contributed by atoms with E-state index in [2.05, 4.69) is 15.0 Å². The number of guanidine groups is 1. The molecule has 0 aromatic heterocycles. The van der Waals surface area contributed by atoms with E-state index < -0.39 is 12.5 Å². The molecule has 0 bridgehead atoms. The third-order valence-corrected chi connectivity index (χ3v) is 3.54. The molecule has 140 valence electrons. The van der Waals surface area contributed by atoms with Gasteiger partial charge in [-0.15, -0.1) is 13.2 Å². The molecule has 0 amide bonds. The van der Waals surface area contributed by atoms with E-state index in [-0.39, 0.29) is 18.3 Å². The summed E-state index contributed by atoms with van der Waals surface area (Å²) in [6.07, 6.45) is -4.86. The van der Waals surface area contributed by atoms with Gasteiger partial charge in [-0.05, 0) is 41.8 Å². The van der Waals surface area contributed by atoms with Crippen molar-refractivity contribution in [1.29, 1.82) is 0 Å². The number of nitrogens with zero attached hydrogens (tertiary/aromatic N) is 1. The summed E-state index contributed by atoms with van der Waals surface area (Å²) < 4.78 is 40.2. The number of aliphatic hydroxyl groups excluding tert-OH is 1. The van der Waals surface area contributed by atoms with Gasteiger partial charge in [-0.1, -0.05) is 31.2 Å². The van der Waals surface area contributed by atoms with Gasteiger partial charge in [-0.3, -0.25) is 4.99 Å². The van der Waals surface area contributed by atoms with Crippen molar-refractivity contribution in [3.8, 4) is 5.75 Å². The van der Waals surface area contributed by atoms with E-state index in [0.717, 1.165) is 29.8 Å². The third-order valence-electron chi connectivity index (χ3n) is 3.54. The molecule has 0 aliphatic rings. The standard InChI is InChI=1S/C18H20F3N3O2/c1-2-12-4-3-5-14(10-12)24-17(22)23-11-16(25)13-6-8-15(9-7-13)26-18(19,20)21/h3-10,16,25H,2,11H2,1H3,(H3,22,23,24). The summed E-state index contributed by atoms with van der Waals surface area (Å²) in [7, 11) is 0. The molecule has 0 fully saturated rings. The molecule has 2 aromatic rings. The second-order valence-electron chi connectivity index (χ2n) is 5.54. The first-order valence-corrected chi connectivity index (χ1v) is 7.96. The van der Waals surface area contributed by atoms with Crippen LogP contribution in [0.25, 0.3) is 0 Å². The summed E-state index contributed by atoms with van der Waals surface area (Å²) in [4.78, 5) is 4.06. The van der Waals surface area contributed by atoms with Crippen LogP contribution in [0.5, 0.6) is 5.75 Å². The molecule has 0 aliphatic carbocycles. The van der Waals surface area contributed by atoms with Crippen LogP contribution in [0, 0.1) is 0 Å². The highest BCUT2D eigenvalue weighted by atomic mass is 19.4. The van der Waals surface area contributed by atoms with Gasteiger partial charge in [0.25, 0.3) is 0 Å². The topological polar surface area (TPSA) is 79.9 Å². The lowest BCUT2D eigenvalue weighted by molar-refractivity contribution is -0.274. The van der Waals surface area contributed by atoms with E-state index in [9.17, 15) is 18.3 Å². The minimum absolute atomic E-state index is 0.0359. The lowest BCUT2D eigenvalue weighted by atomic mass is 10.1. The fourth-order valence-electron chi connectivity index (χ4n) is 2.24. The Morgan fingerprint density at radius 2 is 1.92 bits per heavy atom. The molecule has 2 aromatic carbocycles. The maximum atomic E-state index is 12.1. The van der Waals surface area contributed by atoms with Gasteiger partial charge < -0.3 is 20.9 Å². The van der Waals surface area contributed by atoms with Crippen molar-refractivity contribution in [3.05, 3.63) is 59.7 Å². The van der Waals surface area contributed by atoms with Crippen LogP contribution in [0.1, 0.15) is 24.2 Å². The van der Waals surface area contributed by atoms with Gasteiger partial charge in [-0.25, -0.2) is 0 Å². The second-order valence-corrected chi connectivity index (χ2v) is 5.54. The quantitative estimate of drug-likeness (QED) is 0.538. The van der Waals surface area contributed by atoms with Gasteiger partial charge in [0.2, 0.25) is 0 Å². The number of benzene rings is 2. The first-order valence-electron chi connectivity index (χ1n) is 7.96. The highest BCUT2D eigenvalue weighted by Gasteiger charge is 2.31. The molecular weight excluding hydrogens is 347 g/mol. The van der Waals surface area contributed by atoms with Gasteiger partial charge >= 0.3 is 6.36 Å². The van der Waals surface area contributed by atoms with Gasteiger partial charge in [-0.2, -0.15) is 0 Å². The Hall–Kier alpha value is -2.74. The van der Waals surface area contributed by atoms with Gasteiger partial charge in [0.1, 0.15) is 5.75 Å². The molecule has 1 unspecified atom stereocenters. The predicted molar refractivity (Wildman–Crippen MR) is 94.0 cm³/mol. The molecule has 8 heteroatoms. The van der Waals surface area contributed by atoms with Gasteiger partial charge in [0, 0.05) is 5.69 Å². The molecule has 1 atom stereocenters. The molecule has 0 aliphatic heterocycles. The Bertz CT molecular complexity index is 746. The molecular formula is C18H20F3N3O2. The van der Waals surface area contributed by atoms with Crippen molar-refractivity contribution in [3.63, 3.8) is 0 Å². The number of aliphatic hydroxyl groups is 1. The van der Waals surface area contributed by atoms with Crippen molar-refractivity contribution in [2.45, 2.75) is 25.8 Å². The number of hydrogen-bond donors (Lipinski definition) is 3. The fraction of sp³-hybridized carbons (Fsp3) is 0.278. The summed E-state index contributed by atoms with van der Waals surface area (Å²) in [6.45, 7) is 2.00. The molecule has 0 radical (unpaired) electrons. The van der Waals surface area contributed by atoms with Crippen LogP contribution in [0.4, 0.5) is 18.9 Å². The molecule has 0 saturated carbocycles. The van der Waals surface area contributed by atoms with Crippen LogP contribution in [0.15, 0.2) is 53.5 Å². The van der Waals surface area contributed by atoms with Crippen molar-refractivity contribution in [2.75, 3.05) is 11.9 Å². The molecule has 0 saturated heterocycles. The minimum atomic E-state index is -4.75. The smallest absolute Gasteiger partial charge is 0.406 e.